The van der Waals surface area contributed by atoms with Crippen LogP contribution in [0.5, 0.6) is 0 Å². The van der Waals surface area contributed by atoms with Gasteiger partial charge in [0.1, 0.15) is 0 Å². The maximum Gasteiger partial charge on any atom is 0.0439 e. The van der Waals surface area contributed by atoms with Gasteiger partial charge in [0.15, 0.2) is 0 Å². The summed E-state index contributed by atoms with van der Waals surface area (Å²) in [6, 6.07) is 4.23. The van der Waals surface area contributed by atoms with Crippen LogP contribution in [0.3, 0.4) is 0 Å². The highest BCUT2D eigenvalue weighted by Gasteiger charge is 2.18. The lowest BCUT2D eigenvalue weighted by atomic mass is 10.0. The van der Waals surface area contributed by atoms with E-state index >= 15 is 0 Å². The predicted molar refractivity (Wildman–Crippen MR) is 66.1 cm³/mol. The number of hydrogen-bond acceptors (Lipinski definition) is 1. The van der Waals surface area contributed by atoms with Crippen LogP contribution in [0, 0.1) is 6.92 Å². The van der Waals surface area contributed by atoms with E-state index in [9.17, 15) is 0 Å². The summed E-state index contributed by atoms with van der Waals surface area (Å²) in [7, 11) is 0. The summed E-state index contributed by atoms with van der Waals surface area (Å²) in [6.07, 6.45) is 1.19. The first-order chi connectivity index (χ1) is 6.18. The van der Waals surface area contributed by atoms with Crippen molar-refractivity contribution in [1.29, 1.82) is 0 Å². The van der Waals surface area contributed by atoms with Crippen molar-refractivity contribution in [2.75, 3.05) is 11.9 Å². The van der Waals surface area contributed by atoms with E-state index in [1.54, 1.807) is 0 Å². The molecular weight excluding hydrogens is 296 g/mol. The number of benzene rings is 1. The summed E-state index contributed by atoms with van der Waals surface area (Å²) in [5.41, 5.74) is 3.76. The first-order valence-electron chi connectivity index (χ1n) is 4.36. The van der Waals surface area contributed by atoms with Crippen LogP contribution in [0.2, 0.25) is 5.02 Å². The zero-order chi connectivity index (χ0) is 9.42. The minimum atomic E-state index is 0.604. The van der Waals surface area contributed by atoms with E-state index in [0.29, 0.717) is 3.92 Å². The van der Waals surface area contributed by atoms with Gasteiger partial charge >= 0.3 is 0 Å². The number of hydrogen-bond donors (Lipinski definition) is 1. The summed E-state index contributed by atoms with van der Waals surface area (Å²) in [5, 5.41) is 4.28. The van der Waals surface area contributed by atoms with Gasteiger partial charge in [-0.15, -0.1) is 0 Å². The van der Waals surface area contributed by atoms with Gasteiger partial charge in [-0.1, -0.05) is 34.2 Å². The van der Waals surface area contributed by atoms with E-state index in [4.69, 9.17) is 11.6 Å². The van der Waals surface area contributed by atoms with Gasteiger partial charge in [0, 0.05) is 21.2 Å². The summed E-state index contributed by atoms with van der Waals surface area (Å²) < 4.78 is 0.604. The number of anilines is 1. The van der Waals surface area contributed by atoms with E-state index in [-0.39, 0.29) is 0 Å². The van der Waals surface area contributed by atoms with Crippen molar-refractivity contribution in [3.63, 3.8) is 0 Å². The Kier molecular flexibility index (Phi) is 2.70. The van der Waals surface area contributed by atoms with Crippen molar-refractivity contribution in [2.45, 2.75) is 17.3 Å². The third kappa shape index (κ3) is 1.79. The molecule has 0 radical (unpaired) electrons. The van der Waals surface area contributed by atoms with Gasteiger partial charge in [-0.3, -0.25) is 0 Å². The molecule has 1 nitrogen and oxygen atoms in total. The van der Waals surface area contributed by atoms with E-state index in [0.717, 1.165) is 17.1 Å². The highest BCUT2D eigenvalue weighted by Crippen LogP contribution is 2.38. The van der Waals surface area contributed by atoms with Crippen molar-refractivity contribution in [3.8, 4) is 0 Å². The molecule has 3 heteroatoms. The SMILES string of the molecule is Cc1cc2c(cc1Cl)C(I)CCN2. The average Bonchev–Trinajstić information content (AvgIpc) is 2.09. The van der Waals surface area contributed by atoms with Crippen molar-refractivity contribution in [1.82, 2.24) is 0 Å². The van der Waals surface area contributed by atoms with Gasteiger partial charge in [-0.05, 0) is 36.6 Å². The molecule has 70 valence electrons. The smallest absolute Gasteiger partial charge is 0.0439 e. The van der Waals surface area contributed by atoms with Crippen LogP contribution < -0.4 is 5.32 Å². The molecule has 1 N–H and O–H groups in total. The lowest BCUT2D eigenvalue weighted by molar-refractivity contribution is 0.834. The Morgan fingerprint density at radius 1 is 1.54 bits per heavy atom. The standard InChI is InChI=1S/C10H11ClIN/c1-6-4-10-7(5-8(6)11)9(12)2-3-13-10/h4-5,9,13H,2-3H2,1H3. The van der Waals surface area contributed by atoms with Crippen LogP contribution in [-0.4, -0.2) is 6.54 Å². The molecule has 0 saturated carbocycles. The molecule has 1 atom stereocenters. The number of aryl methyl sites for hydroxylation is 1. The topological polar surface area (TPSA) is 12.0 Å². The molecule has 0 aromatic heterocycles. The molecule has 1 aliphatic rings. The summed E-state index contributed by atoms with van der Waals surface area (Å²) in [6.45, 7) is 3.11. The van der Waals surface area contributed by atoms with E-state index in [2.05, 4.69) is 40.0 Å². The Morgan fingerprint density at radius 2 is 2.31 bits per heavy atom. The Balaban J connectivity index is 2.52. The van der Waals surface area contributed by atoms with Crippen LogP contribution >= 0.6 is 34.2 Å². The molecule has 0 fully saturated rings. The summed E-state index contributed by atoms with van der Waals surface area (Å²) in [4.78, 5) is 0. The van der Waals surface area contributed by atoms with Gasteiger partial charge in [0.2, 0.25) is 0 Å². The molecule has 0 aliphatic carbocycles. The molecule has 1 aliphatic heterocycles. The molecule has 0 spiro atoms. The number of nitrogens with one attached hydrogen (secondary N) is 1. The van der Waals surface area contributed by atoms with E-state index in [1.807, 2.05) is 6.92 Å². The van der Waals surface area contributed by atoms with E-state index in [1.165, 1.54) is 17.7 Å². The van der Waals surface area contributed by atoms with Crippen LogP contribution in [0.25, 0.3) is 0 Å². The van der Waals surface area contributed by atoms with Crippen molar-refractivity contribution >= 4 is 39.9 Å². The highest BCUT2D eigenvalue weighted by molar-refractivity contribution is 14.1. The fourth-order valence-electron chi connectivity index (χ4n) is 1.60. The maximum atomic E-state index is 6.08. The predicted octanol–water partition coefficient (Wildman–Crippen LogP) is 3.94. The Labute approximate surface area is 97.0 Å². The second-order valence-corrected chi connectivity index (χ2v) is 5.28. The molecule has 13 heavy (non-hydrogen) atoms. The lowest BCUT2D eigenvalue weighted by Crippen LogP contribution is -2.13. The van der Waals surface area contributed by atoms with Gasteiger partial charge in [-0.25, -0.2) is 0 Å². The first-order valence-corrected chi connectivity index (χ1v) is 5.99. The van der Waals surface area contributed by atoms with Gasteiger partial charge in [-0.2, -0.15) is 0 Å². The minimum Gasteiger partial charge on any atom is -0.385 e. The molecule has 1 heterocycles. The van der Waals surface area contributed by atoms with Crippen LogP contribution in [-0.2, 0) is 0 Å². The zero-order valence-electron chi connectivity index (χ0n) is 7.40. The molecule has 1 aromatic rings. The molecule has 1 unspecified atom stereocenters. The summed E-state index contributed by atoms with van der Waals surface area (Å²) >= 11 is 8.56. The van der Waals surface area contributed by atoms with Gasteiger partial charge in [0.05, 0.1) is 0 Å². The summed E-state index contributed by atoms with van der Waals surface area (Å²) in [5.74, 6) is 0. The minimum absolute atomic E-state index is 0.604. The van der Waals surface area contributed by atoms with E-state index < -0.39 is 0 Å². The van der Waals surface area contributed by atoms with Gasteiger partial charge < -0.3 is 5.32 Å². The average molecular weight is 308 g/mol. The molecule has 0 amide bonds. The second kappa shape index (κ2) is 3.65. The monoisotopic (exact) mass is 307 g/mol. The molecule has 0 saturated heterocycles. The van der Waals surface area contributed by atoms with Crippen molar-refractivity contribution < 1.29 is 0 Å². The molecule has 0 bridgehead atoms. The largest absolute Gasteiger partial charge is 0.385 e. The van der Waals surface area contributed by atoms with Crippen molar-refractivity contribution in [2.24, 2.45) is 0 Å². The Morgan fingerprint density at radius 3 is 3.08 bits per heavy atom. The molecule has 1 aromatic carbocycles. The second-order valence-electron chi connectivity index (χ2n) is 3.37. The Hall–Kier alpha value is 0.0400. The number of halogens is 2. The number of fused-ring (bicyclic) bond motifs is 1. The van der Waals surface area contributed by atoms with Crippen LogP contribution in [0.1, 0.15) is 21.5 Å². The van der Waals surface area contributed by atoms with Crippen LogP contribution in [0.15, 0.2) is 12.1 Å². The lowest BCUT2D eigenvalue weighted by Gasteiger charge is -2.23. The zero-order valence-corrected chi connectivity index (χ0v) is 10.3. The quantitative estimate of drug-likeness (QED) is 0.565. The molecule has 2 rings (SSSR count). The van der Waals surface area contributed by atoms with Crippen molar-refractivity contribution in [3.05, 3.63) is 28.3 Å². The normalized spacial score (nSPS) is 20.7. The molecular formula is C10H11ClIN. The third-order valence-electron chi connectivity index (χ3n) is 2.38. The fraction of sp³-hybridized carbons (Fsp3) is 0.400. The van der Waals surface area contributed by atoms with Crippen LogP contribution in [0.4, 0.5) is 5.69 Å². The number of rotatable bonds is 0. The fourth-order valence-corrected chi connectivity index (χ4v) is 2.60. The highest BCUT2D eigenvalue weighted by atomic mass is 127. The van der Waals surface area contributed by atoms with Gasteiger partial charge in [0.25, 0.3) is 0 Å². The maximum absolute atomic E-state index is 6.08. The first kappa shape index (κ1) is 9.59. The third-order valence-corrected chi connectivity index (χ3v) is 4.08. The number of alkyl halides is 1. The Bertz CT molecular complexity index is 338.